The van der Waals surface area contributed by atoms with Gasteiger partial charge in [0, 0.05) is 6.54 Å². The molecule has 29 heavy (non-hydrogen) atoms. The SMILES string of the molecule is CC(C)Cn1c(SCC(=O)Nc2nc3ccc(F)cc3s2)nnc1-c1ccco1. The second-order valence-corrected chi connectivity index (χ2v) is 8.73. The molecule has 0 aliphatic heterocycles. The molecule has 0 saturated carbocycles. The van der Waals surface area contributed by atoms with Crippen LogP contribution in [0.15, 0.2) is 46.2 Å². The molecular formula is C19H18FN5O2S2. The minimum Gasteiger partial charge on any atom is -0.461 e. The number of carbonyl (C=O) groups is 1. The summed E-state index contributed by atoms with van der Waals surface area (Å²) in [5, 5.41) is 12.3. The van der Waals surface area contributed by atoms with Crippen LogP contribution in [0.5, 0.6) is 0 Å². The van der Waals surface area contributed by atoms with Crippen LogP contribution in [0.3, 0.4) is 0 Å². The summed E-state index contributed by atoms with van der Waals surface area (Å²) >= 11 is 2.53. The van der Waals surface area contributed by atoms with Gasteiger partial charge in [-0.25, -0.2) is 9.37 Å². The van der Waals surface area contributed by atoms with Crippen LogP contribution in [0.2, 0.25) is 0 Å². The first-order chi connectivity index (χ1) is 14.0. The molecule has 1 amide bonds. The Bertz CT molecular complexity index is 1140. The highest BCUT2D eigenvalue weighted by Gasteiger charge is 2.18. The van der Waals surface area contributed by atoms with Gasteiger partial charge in [-0.1, -0.05) is 36.9 Å². The maximum absolute atomic E-state index is 13.3. The van der Waals surface area contributed by atoms with E-state index in [9.17, 15) is 9.18 Å². The number of thioether (sulfide) groups is 1. The Morgan fingerprint density at radius 2 is 2.21 bits per heavy atom. The van der Waals surface area contributed by atoms with Crippen LogP contribution in [0.25, 0.3) is 21.8 Å². The number of furan rings is 1. The van der Waals surface area contributed by atoms with Gasteiger partial charge in [0.1, 0.15) is 5.82 Å². The zero-order chi connectivity index (χ0) is 20.4. The number of halogens is 1. The number of nitrogens with one attached hydrogen (secondary N) is 1. The predicted molar refractivity (Wildman–Crippen MR) is 111 cm³/mol. The van der Waals surface area contributed by atoms with Crippen LogP contribution in [0.1, 0.15) is 13.8 Å². The van der Waals surface area contributed by atoms with Crippen molar-refractivity contribution in [2.24, 2.45) is 5.92 Å². The summed E-state index contributed by atoms with van der Waals surface area (Å²) in [7, 11) is 0. The lowest BCUT2D eigenvalue weighted by molar-refractivity contribution is -0.113. The predicted octanol–water partition coefficient (Wildman–Crippen LogP) is 4.67. The van der Waals surface area contributed by atoms with Crippen molar-refractivity contribution >= 4 is 44.4 Å². The van der Waals surface area contributed by atoms with Gasteiger partial charge >= 0.3 is 0 Å². The molecule has 150 valence electrons. The Hall–Kier alpha value is -2.72. The van der Waals surface area contributed by atoms with E-state index in [1.165, 1.54) is 35.2 Å². The van der Waals surface area contributed by atoms with Gasteiger partial charge in [0.25, 0.3) is 0 Å². The van der Waals surface area contributed by atoms with Crippen molar-refractivity contribution in [2.45, 2.75) is 25.5 Å². The van der Waals surface area contributed by atoms with Gasteiger partial charge in [0.05, 0.1) is 22.2 Å². The van der Waals surface area contributed by atoms with E-state index in [4.69, 9.17) is 4.42 Å². The van der Waals surface area contributed by atoms with E-state index in [0.29, 0.717) is 44.6 Å². The van der Waals surface area contributed by atoms with Crippen molar-refractivity contribution < 1.29 is 13.6 Å². The van der Waals surface area contributed by atoms with Gasteiger partial charge < -0.3 is 9.73 Å². The van der Waals surface area contributed by atoms with E-state index >= 15 is 0 Å². The second-order valence-electron chi connectivity index (χ2n) is 6.76. The number of hydrogen-bond acceptors (Lipinski definition) is 7. The van der Waals surface area contributed by atoms with Crippen LogP contribution < -0.4 is 5.32 Å². The zero-order valence-electron chi connectivity index (χ0n) is 15.8. The molecule has 0 unspecified atom stereocenters. The van der Waals surface area contributed by atoms with E-state index < -0.39 is 0 Å². The number of rotatable bonds is 7. The number of aromatic nitrogens is 4. The number of anilines is 1. The molecule has 3 aromatic heterocycles. The third-order valence-electron chi connectivity index (χ3n) is 3.94. The van der Waals surface area contributed by atoms with Crippen LogP contribution in [-0.2, 0) is 11.3 Å². The van der Waals surface area contributed by atoms with Crippen molar-refractivity contribution in [1.82, 2.24) is 19.7 Å². The number of thiazole rings is 1. The molecule has 0 spiro atoms. The van der Waals surface area contributed by atoms with Crippen molar-refractivity contribution in [2.75, 3.05) is 11.1 Å². The summed E-state index contributed by atoms with van der Waals surface area (Å²) in [6.07, 6.45) is 1.59. The minimum absolute atomic E-state index is 0.151. The van der Waals surface area contributed by atoms with E-state index in [0.717, 1.165) is 0 Å². The summed E-state index contributed by atoms with van der Waals surface area (Å²) in [6.45, 7) is 4.91. The first-order valence-electron chi connectivity index (χ1n) is 8.95. The number of amides is 1. The highest BCUT2D eigenvalue weighted by atomic mass is 32.2. The third-order valence-corrected chi connectivity index (χ3v) is 5.84. The molecule has 0 saturated heterocycles. The van der Waals surface area contributed by atoms with Crippen LogP contribution in [0.4, 0.5) is 9.52 Å². The van der Waals surface area contributed by atoms with E-state index in [2.05, 4.69) is 34.3 Å². The van der Waals surface area contributed by atoms with Gasteiger partial charge in [-0.15, -0.1) is 10.2 Å². The molecular weight excluding hydrogens is 413 g/mol. The molecule has 0 atom stereocenters. The Kier molecular flexibility index (Phi) is 5.63. The summed E-state index contributed by atoms with van der Waals surface area (Å²) in [4.78, 5) is 16.7. The Morgan fingerprint density at radius 1 is 1.34 bits per heavy atom. The molecule has 0 bridgehead atoms. The van der Waals surface area contributed by atoms with Gasteiger partial charge in [-0.05, 0) is 36.2 Å². The number of nitrogens with zero attached hydrogens (tertiary/aromatic N) is 4. The van der Waals surface area contributed by atoms with Crippen LogP contribution in [0, 0.1) is 11.7 Å². The fourth-order valence-electron chi connectivity index (χ4n) is 2.75. The van der Waals surface area contributed by atoms with Gasteiger partial charge in [0.15, 0.2) is 21.9 Å². The highest BCUT2D eigenvalue weighted by Crippen LogP contribution is 2.28. The summed E-state index contributed by atoms with van der Waals surface area (Å²) in [5.74, 6) is 1.25. The van der Waals surface area contributed by atoms with Crippen molar-refractivity contribution in [1.29, 1.82) is 0 Å². The van der Waals surface area contributed by atoms with Gasteiger partial charge in [-0.3, -0.25) is 9.36 Å². The van der Waals surface area contributed by atoms with Crippen LogP contribution >= 0.6 is 23.1 Å². The van der Waals surface area contributed by atoms with Gasteiger partial charge in [0.2, 0.25) is 5.91 Å². The molecule has 4 rings (SSSR count). The number of carbonyl (C=O) groups excluding carboxylic acids is 1. The maximum Gasteiger partial charge on any atom is 0.236 e. The summed E-state index contributed by atoms with van der Waals surface area (Å²) in [6, 6.07) is 7.98. The minimum atomic E-state index is -0.327. The zero-order valence-corrected chi connectivity index (χ0v) is 17.4. The lowest BCUT2D eigenvalue weighted by Crippen LogP contribution is -2.15. The largest absolute Gasteiger partial charge is 0.461 e. The average molecular weight is 432 g/mol. The molecule has 7 nitrogen and oxygen atoms in total. The quantitative estimate of drug-likeness (QED) is 0.428. The first-order valence-corrected chi connectivity index (χ1v) is 10.8. The van der Waals surface area contributed by atoms with Gasteiger partial charge in [-0.2, -0.15) is 0 Å². The monoisotopic (exact) mass is 431 g/mol. The molecule has 0 aliphatic carbocycles. The van der Waals surface area contributed by atoms with Crippen molar-refractivity contribution in [3.05, 3.63) is 42.4 Å². The van der Waals surface area contributed by atoms with E-state index in [1.54, 1.807) is 18.4 Å². The molecule has 1 aromatic carbocycles. The van der Waals surface area contributed by atoms with Crippen molar-refractivity contribution in [3.63, 3.8) is 0 Å². The standard InChI is InChI=1S/C19H18FN5O2S2/c1-11(2)9-25-17(14-4-3-7-27-14)23-24-19(25)28-10-16(26)22-18-21-13-6-5-12(20)8-15(13)29-18/h3-8,11H,9-10H2,1-2H3,(H,21,22,26). The number of benzene rings is 1. The Morgan fingerprint density at radius 3 is 2.97 bits per heavy atom. The van der Waals surface area contributed by atoms with Crippen LogP contribution in [-0.4, -0.2) is 31.4 Å². The third kappa shape index (κ3) is 4.48. The molecule has 0 aliphatic rings. The molecule has 3 heterocycles. The Labute approximate surface area is 174 Å². The summed E-state index contributed by atoms with van der Waals surface area (Å²) < 4.78 is 21.4. The molecule has 4 aromatic rings. The average Bonchev–Trinajstić information content (AvgIpc) is 3.38. The molecule has 0 radical (unpaired) electrons. The normalized spacial score (nSPS) is 11.4. The molecule has 0 fully saturated rings. The lowest BCUT2D eigenvalue weighted by Gasteiger charge is -2.11. The number of hydrogen-bond donors (Lipinski definition) is 1. The highest BCUT2D eigenvalue weighted by molar-refractivity contribution is 7.99. The van der Waals surface area contributed by atoms with E-state index in [1.807, 2.05) is 10.6 Å². The van der Waals surface area contributed by atoms with E-state index in [-0.39, 0.29) is 17.5 Å². The maximum atomic E-state index is 13.3. The molecule has 10 heteroatoms. The smallest absolute Gasteiger partial charge is 0.236 e. The topological polar surface area (TPSA) is 85.8 Å². The second kappa shape index (κ2) is 8.34. The summed E-state index contributed by atoms with van der Waals surface area (Å²) in [5.41, 5.74) is 0.652. The van der Waals surface area contributed by atoms with Crippen molar-refractivity contribution in [3.8, 4) is 11.6 Å². The first kappa shape index (κ1) is 19.6. The Balaban J connectivity index is 1.45. The molecule has 1 N–H and O–H groups in total. The fourth-order valence-corrected chi connectivity index (χ4v) is 4.41. The fraction of sp³-hybridized carbons (Fsp3) is 0.263. The number of fused-ring (bicyclic) bond motifs is 1. The lowest BCUT2D eigenvalue weighted by atomic mass is 10.2.